The van der Waals surface area contributed by atoms with E-state index in [-0.39, 0.29) is 0 Å². The summed E-state index contributed by atoms with van der Waals surface area (Å²) in [6.07, 6.45) is 2.74. The number of hydrogen-bond donors (Lipinski definition) is 2. The molecule has 0 spiro atoms. The minimum absolute atomic E-state index is 0.334. The SMILES string of the molecule is CC[C@H](C)NC(=S)Nc1nccc(-c2cccs2)n1. The van der Waals surface area contributed by atoms with E-state index >= 15 is 0 Å². The van der Waals surface area contributed by atoms with Crippen molar-refractivity contribution in [3.8, 4) is 10.6 Å². The molecule has 0 aliphatic carbocycles. The number of nitrogens with one attached hydrogen (secondary N) is 2. The molecule has 6 heteroatoms. The molecule has 2 aromatic heterocycles. The number of hydrogen-bond acceptors (Lipinski definition) is 4. The predicted molar refractivity (Wildman–Crippen MR) is 84.5 cm³/mol. The lowest BCUT2D eigenvalue weighted by Gasteiger charge is -2.14. The van der Waals surface area contributed by atoms with E-state index in [2.05, 4.69) is 34.4 Å². The summed E-state index contributed by atoms with van der Waals surface area (Å²) in [5, 5.41) is 8.77. The summed E-state index contributed by atoms with van der Waals surface area (Å²) in [7, 11) is 0. The quantitative estimate of drug-likeness (QED) is 0.847. The van der Waals surface area contributed by atoms with Gasteiger partial charge in [0.15, 0.2) is 5.11 Å². The smallest absolute Gasteiger partial charge is 0.229 e. The fraction of sp³-hybridized carbons (Fsp3) is 0.308. The van der Waals surface area contributed by atoms with E-state index in [9.17, 15) is 0 Å². The lowest BCUT2D eigenvalue weighted by atomic mass is 10.3. The minimum Gasteiger partial charge on any atom is -0.360 e. The van der Waals surface area contributed by atoms with E-state index in [0.29, 0.717) is 17.1 Å². The lowest BCUT2D eigenvalue weighted by Crippen LogP contribution is -2.35. The third kappa shape index (κ3) is 3.97. The Balaban J connectivity index is 2.05. The molecule has 1 atom stereocenters. The molecule has 2 rings (SSSR count). The van der Waals surface area contributed by atoms with E-state index < -0.39 is 0 Å². The largest absolute Gasteiger partial charge is 0.360 e. The average Bonchev–Trinajstić information content (AvgIpc) is 2.92. The van der Waals surface area contributed by atoms with E-state index in [4.69, 9.17) is 12.2 Å². The zero-order chi connectivity index (χ0) is 13.7. The molecule has 0 unspecified atom stereocenters. The van der Waals surface area contributed by atoms with Crippen LogP contribution in [0, 0.1) is 0 Å². The molecule has 2 N–H and O–H groups in total. The summed E-state index contributed by atoms with van der Waals surface area (Å²) in [4.78, 5) is 9.74. The Labute approximate surface area is 122 Å². The van der Waals surface area contributed by atoms with Gasteiger partial charge in [0, 0.05) is 12.2 Å². The maximum atomic E-state index is 5.22. The maximum Gasteiger partial charge on any atom is 0.229 e. The molecule has 0 aliphatic heterocycles. The molecule has 0 saturated carbocycles. The Hall–Kier alpha value is -1.53. The third-order valence-corrected chi connectivity index (χ3v) is 3.76. The van der Waals surface area contributed by atoms with Crippen LogP contribution in [0.3, 0.4) is 0 Å². The second-order valence-corrected chi connectivity index (χ2v) is 5.51. The maximum absolute atomic E-state index is 5.22. The molecular formula is C13H16N4S2. The second-order valence-electron chi connectivity index (χ2n) is 4.15. The van der Waals surface area contributed by atoms with Crippen LogP contribution in [0.5, 0.6) is 0 Å². The van der Waals surface area contributed by atoms with Crippen LogP contribution in [0.1, 0.15) is 20.3 Å². The monoisotopic (exact) mass is 292 g/mol. The Bertz CT molecular complexity index is 539. The van der Waals surface area contributed by atoms with E-state index in [1.54, 1.807) is 17.5 Å². The van der Waals surface area contributed by atoms with Crippen molar-refractivity contribution in [2.24, 2.45) is 0 Å². The molecule has 100 valence electrons. The van der Waals surface area contributed by atoms with Gasteiger partial charge in [-0.05, 0) is 43.1 Å². The van der Waals surface area contributed by atoms with Crippen molar-refractivity contribution in [3.05, 3.63) is 29.8 Å². The molecule has 0 saturated heterocycles. The van der Waals surface area contributed by atoms with Gasteiger partial charge >= 0.3 is 0 Å². The molecule has 4 nitrogen and oxygen atoms in total. The first kappa shape index (κ1) is 13.9. The van der Waals surface area contributed by atoms with Crippen LogP contribution >= 0.6 is 23.6 Å². The van der Waals surface area contributed by atoms with Crippen LogP contribution in [0.15, 0.2) is 29.8 Å². The highest BCUT2D eigenvalue weighted by Gasteiger charge is 2.06. The standard InChI is InChI=1S/C13H16N4S2/c1-3-9(2)15-13(18)17-12-14-7-6-10(16-12)11-5-4-8-19-11/h4-9H,3H2,1-2H3,(H2,14,15,16,17,18)/t9-/m0/s1. The Kier molecular flexibility index (Phi) is 4.81. The molecule has 19 heavy (non-hydrogen) atoms. The summed E-state index contributed by atoms with van der Waals surface area (Å²) in [6.45, 7) is 4.19. The Morgan fingerprint density at radius 3 is 3.00 bits per heavy atom. The Morgan fingerprint density at radius 1 is 1.47 bits per heavy atom. The van der Waals surface area contributed by atoms with Gasteiger partial charge < -0.3 is 10.6 Å². The summed E-state index contributed by atoms with van der Waals surface area (Å²) in [6, 6.07) is 6.26. The van der Waals surface area contributed by atoms with Crippen LogP contribution in [-0.2, 0) is 0 Å². The van der Waals surface area contributed by atoms with Gasteiger partial charge in [0.05, 0.1) is 10.6 Å². The predicted octanol–water partition coefficient (Wildman–Crippen LogP) is 3.29. The molecule has 0 aromatic carbocycles. The molecular weight excluding hydrogens is 276 g/mol. The van der Waals surface area contributed by atoms with Crippen molar-refractivity contribution in [1.29, 1.82) is 0 Å². The number of thiocarbonyl (C=S) groups is 1. The zero-order valence-corrected chi connectivity index (χ0v) is 12.5. The van der Waals surface area contributed by atoms with Crippen molar-refractivity contribution < 1.29 is 0 Å². The van der Waals surface area contributed by atoms with Gasteiger partial charge in [0.2, 0.25) is 5.95 Å². The topological polar surface area (TPSA) is 49.8 Å². The Morgan fingerprint density at radius 2 is 2.32 bits per heavy atom. The van der Waals surface area contributed by atoms with Crippen LogP contribution in [0.25, 0.3) is 10.6 Å². The van der Waals surface area contributed by atoms with E-state index in [1.807, 2.05) is 23.6 Å². The number of thiophene rings is 1. The van der Waals surface area contributed by atoms with Crippen molar-refractivity contribution >= 4 is 34.6 Å². The number of rotatable bonds is 4. The highest BCUT2D eigenvalue weighted by atomic mass is 32.1. The van der Waals surface area contributed by atoms with E-state index in [0.717, 1.165) is 17.0 Å². The van der Waals surface area contributed by atoms with Crippen molar-refractivity contribution in [1.82, 2.24) is 15.3 Å². The lowest BCUT2D eigenvalue weighted by molar-refractivity contribution is 0.645. The summed E-state index contributed by atoms with van der Waals surface area (Å²) >= 11 is 6.87. The van der Waals surface area contributed by atoms with Crippen LogP contribution in [0.4, 0.5) is 5.95 Å². The molecule has 0 radical (unpaired) electrons. The summed E-state index contributed by atoms with van der Waals surface area (Å²) < 4.78 is 0. The van der Waals surface area contributed by atoms with Crippen molar-refractivity contribution in [3.63, 3.8) is 0 Å². The fourth-order valence-electron chi connectivity index (χ4n) is 1.44. The highest BCUT2D eigenvalue weighted by Crippen LogP contribution is 2.22. The van der Waals surface area contributed by atoms with Gasteiger partial charge in [0.1, 0.15) is 0 Å². The van der Waals surface area contributed by atoms with Gasteiger partial charge in [-0.2, -0.15) is 0 Å². The average molecular weight is 292 g/mol. The fourth-order valence-corrected chi connectivity index (χ4v) is 2.43. The highest BCUT2D eigenvalue weighted by molar-refractivity contribution is 7.80. The van der Waals surface area contributed by atoms with Gasteiger partial charge in [-0.25, -0.2) is 9.97 Å². The van der Waals surface area contributed by atoms with Crippen LogP contribution in [0.2, 0.25) is 0 Å². The summed E-state index contributed by atoms with van der Waals surface area (Å²) in [5.74, 6) is 0.520. The molecule has 2 heterocycles. The summed E-state index contributed by atoms with van der Waals surface area (Å²) in [5.41, 5.74) is 0.902. The zero-order valence-electron chi connectivity index (χ0n) is 10.9. The molecule has 0 bridgehead atoms. The first-order valence-electron chi connectivity index (χ1n) is 6.13. The van der Waals surface area contributed by atoms with Crippen LogP contribution < -0.4 is 10.6 Å². The van der Waals surface area contributed by atoms with Crippen LogP contribution in [-0.4, -0.2) is 21.1 Å². The second kappa shape index (κ2) is 6.58. The first-order chi connectivity index (χ1) is 9.19. The van der Waals surface area contributed by atoms with Gasteiger partial charge in [0.25, 0.3) is 0 Å². The molecule has 0 aliphatic rings. The van der Waals surface area contributed by atoms with Crippen molar-refractivity contribution in [2.75, 3.05) is 5.32 Å². The van der Waals surface area contributed by atoms with E-state index in [1.165, 1.54) is 0 Å². The number of anilines is 1. The molecule has 2 aromatic rings. The number of aromatic nitrogens is 2. The number of nitrogens with zero attached hydrogens (tertiary/aromatic N) is 2. The van der Waals surface area contributed by atoms with Gasteiger partial charge in [-0.1, -0.05) is 13.0 Å². The van der Waals surface area contributed by atoms with Gasteiger partial charge in [-0.3, -0.25) is 0 Å². The normalized spacial score (nSPS) is 11.9. The molecule has 0 amide bonds. The third-order valence-electron chi connectivity index (χ3n) is 2.64. The van der Waals surface area contributed by atoms with Crippen molar-refractivity contribution in [2.45, 2.75) is 26.3 Å². The first-order valence-corrected chi connectivity index (χ1v) is 7.42. The van der Waals surface area contributed by atoms with Gasteiger partial charge in [-0.15, -0.1) is 11.3 Å². The molecule has 0 fully saturated rings. The minimum atomic E-state index is 0.334.